The first-order chi connectivity index (χ1) is 35.6. The molecule has 12 nitrogen and oxygen atoms in total. The standard InChI is InChI=1S/C61H90O12/c1-4-7-10-13-16-19-22-25-27-30-32-35-38-41-44-47-53(62)69-50-52(71-54(63)48-45-42-39-36-33-29-24-21-18-15-12-9-6-3)51-70-61-59(57(66)56(65)58(73-61)60(67)68)72-55(64)49-46-43-40-37-34-31-28-26-23-20-17-14-11-8-5-2/h7-12,16-21,25-29,32-35,37,43,46,52,56-59,61,65-66H,4-6,13-15,22-24,30-31,36,38-42,44-45,47-51H2,1-3H3,(H,67,68)/b10-7-,11-8-,12-9-,19-16-,20-17-,21-18-,27-25-,28-26-,33-29-,35-32-,37-34-,46-43-. The molecule has 1 rings (SSSR count). The van der Waals surface area contributed by atoms with Crippen molar-refractivity contribution in [1.29, 1.82) is 0 Å². The Kier molecular flexibility index (Phi) is 42.8. The second-order valence-corrected chi connectivity index (χ2v) is 17.4. The van der Waals surface area contributed by atoms with Crippen LogP contribution in [0.3, 0.4) is 0 Å². The monoisotopic (exact) mass is 1010 g/mol. The summed E-state index contributed by atoms with van der Waals surface area (Å²) in [6.45, 7) is 5.50. The Morgan fingerprint density at radius 2 is 0.863 bits per heavy atom. The molecule has 0 radical (unpaired) electrons. The molecular formula is C61H90O12. The van der Waals surface area contributed by atoms with Crippen LogP contribution in [0.2, 0.25) is 0 Å². The lowest BCUT2D eigenvalue weighted by molar-refractivity contribution is -0.301. The second kappa shape index (κ2) is 47.6. The number of carboxylic acid groups (broad SMARTS) is 1. The molecule has 0 aromatic carbocycles. The maximum Gasteiger partial charge on any atom is 0.335 e. The van der Waals surface area contributed by atoms with E-state index < -0.39 is 67.3 Å². The topological polar surface area (TPSA) is 175 Å². The fraction of sp³-hybridized carbons (Fsp3) is 0.541. The highest BCUT2D eigenvalue weighted by molar-refractivity contribution is 5.74. The number of aliphatic hydroxyl groups is 2. The highest BCUT2D eigenvalue weighted by Crippen LogP contribution is 2.26. The maximum absolute atomic E-state index is 13.1. The van der Waals surface area contributed by atoms with Crippen LogP contribution in [0.15, 0.2) is 146 Å². The third-order valence-electron chi connectivity index (χ3n) is 10.9. The van der Waals surface area contributed by atoms with Crippen molar-refractivity contribution in [2.24, 2.45) is 0 Å². The van der Waals surface area contributed by atoms with E-state index in [4.69, 9.17) is 23.7 Å². The summed E-state index contributed by atoms with van der Waals surface area (Å²) in [5.74, 6) is -3.41. The van der Waals surface area contributed by atoms with E-state index in [1.54, 1.807) is 12.2 Å². The van der Waals surface area contributed by atoms with Gasteiger partial charge in [-0.3, -0.25) is 14.4 Å². The van der Waals surface area contributed by atoms with E-state index in [1.165, 1.54) is 0 Å². The van der Waals surface area contributed by atoms with Crippen molar-refractivity contribution in [3.05, 3.63) is 146 Å². The van der Waals surface area contributed by atoms with Gasteiger partial charge in [0.15, 0.2) is 24.6 Å². The third-order valence-corrected chi connectivity index (χ3v) is 10.9. The Morgan fingerprint density at radius 3 is 1.32 bits per heavy atom. The van der Waals surface area contributed by atoms with E-state index in [1.807, 2.05) is 12.2 Å². The van der Waals surface area contributed by atoms with Crippen molar-refractivity contribution in [1.82, 2.24) is 0 Å². The molecule has 12 heteroatoms. The highest BCUT2D eigenvalue weighted by Gasteiger charge is 2.50. The molecule has 1 aliphatic rings. The number of aliphatic carboxylic acids is 1. The van der Waals surface area contributed by atoms with Crippen LogP contribution in [0.4, 0.5) is 0 Å². The van der Waals surface area contributed by atoms with E-state index >= 15 is 0 Å². The predicted molar refractivity (Wildman–Crippen MR) is 293 cm³/mol. The molecule has 73 heavy (non-hydrogen) atoms. The fourth-order valence-electron chi connectivity index (χ4n) is 6.92. The average molecular weight is 1020 g/mol. The van der Waals surface area contributed by atoms with Crippen molar-refractivity contribution in [3.63, 3.8) is 0 Å². The van der Waals surface area contributed by atoms with Crippen LogP contribution in [0.1, 0.15) is 162 Å². The quantitative estimate of drug-likeness (QED) is 0.0229. The normalized spacial score (nSPS) is 19.5. The highest BCUT2D eigenvalue weighted by atomic mass is 16.7. The first-order valence-electron chi connectivity index (χ1n) is 26.8. The Balaban J connectivity index is 2.84. The first kappa shape index (κ1) is 65.6. The molecular weight excluding hydrogens is 925 g/mol. The smallest absolute Gasteiger partial charge is 0.335 e. The van der Waals surface area contributed by atoms with Gasteiger partial charge in [0.05, 0.1) is 13.0 Å². The Hall–Kier alpha value is -5.40. The molecule has 6 atom stereocenters. The summed E-state index contributed by atoms with van der Waals surface area (Å²) in [6.07, 6.45) is 55.8. The van der Waals surface area contributed by atoms with Crippen LogP contribution in [-0.2, 0) is 42.9 Å². The number of allylic oxidation sites excluding steroid dienone is 23. The van der Waals surface area contributed by atoms with E-state index in [0.717, 1.165) is 103 Å². The van der Waals surface area contributed by atoms with Crippen LogP contribution in [-0.4, -0.2) is 89.2 Å². The maximum atomic E-state index is 13.1. The molecule has 1 fully saturated rings. The van der Waals surface area contributed by atoms with Gasteiger partial charge in [-0.15, -0.1) is 0 Å². The van der Waals surface area contributed by atoms with Gasteiger partial charge in [0.1, 0.15) is 18.8 Å². The van der Waals surface area contributed by atoms with Gasteiger partial charge < -0.3 is 39.0 Å². The van der Waals surface area contributed by atoms with Gasteiger partial charge in [0.2, 0.25) is 0 Å². The summed E-state index contributed by atoms with van der Waals surface area (Å²) < 4.78 is 28.1. The number of rotatable bonds is 42. The summed E-state index contributed by atoms with van der Waals surface area (Å²) >= 11 is 0. The van der Waals surface area contributed by atoms with E-state index in [9.17, 15) is 34.5 Å². The van der Waals surface area contributed by atoms with Gasteiger partial charge in [0, 0.05) is 12.8 Å². The molecule has 0 aromatic heterocycles. The molecule has 0 spiro atoms. The zero-order valence-corrected chi connectivity index (χ0v) is 44.3. The van der Waals surface area contributed by atoms with Crippen molar-refractivity contribution in [2.75, 3.05) is 13.2 Å². The minimum Gasteiger partial charge on any atom is -0.479 e. The summed E-state index contributed by atoms with van der Waals surface area (Å²) in [6, 6.07) is 0. The number of ether oxygens (including phenoxy) is 5. The average Bonchev–Trinajstić information content (AvgIpc) is 3.37. The van der Waals surface area contributed by atoms with E-state index in [0.29, 0.717) is 19.3 Å². The summed E-state index contributed by atoms with van der Waals surface area (Å²) in [7, 11) is 0. The van der Waals surface area contributed by atoms with Gasteiger partial charge in [-0.2, -0.15) is 0 Å². The fourth-order valence-corrected chi connectivity index (χ4v) is 6.92. The molecule has 0 amide bonds. The Labute approximate surface area is 438 Å². The minimum atomic E-state index is -1.95. The van der Waals surface area contributed by atoms with Crippen LogP contribution in [0, 0.1) is 0 Å². The second-order valence-electron chi connectivity index (χ2n) is 17.4. The first-order valence-corrected chi connectivity index (χ1v) is 26.8. The number of hydrogen-bond donors (Lipinski definition) is 3. The zero-order valence-electron chi connectivity index (χ0n) is 44.3. The molecule has 1 saturated heterocycles. The van der Waals surface area contributed by atoms with Gasteiger partial charge in [-0.25, -0.2) is 4.79 Å². The number of aliphatic hydroxyl groups excluding tert-OH is 2. The SMILES string of the molecule is CC/C=C\C/C=C\C/C=C\C/C=C\C/C=C\CC(=O)OC1C(OCC(COC(=O)CCCC/C=C\C/C=C\C/C=C\C/C=C\CC)OC(=O)CCCCC/C=C\C/C=C\C/C=C\CC)OC(C(=O)O)C(O)C1O. The summed E-state index contributed by atoms with van der Waals surface area (Å²) in [4.78, 5) is 50.9. The lowest BCUT2D eigenvalue weighted by Gasteiger charge is -2.40. The van der Waals surface area contributed by atoms with Crippen LogP contribution in [0.5, 0.6) is 0 Å². The molecule has 1 aliphatic heterocycles. The van der Waals surface area contributed by atoms with Gasteiger partial charge in [-0.1, -0.05) is 173 Å². The number of carbonyl (C=O) groups excluding carboxylic acids is 3. The number of hydrogen-bond acceptors (Lipinski definition) is 11. The zero-order chi connectivity index (χ0) is 53.3. The molecule has 0 bridgehead atoms. The van der Waals surface area contributed by atoms with E-state index in [-0.39, 0.29) is 25.9 Å². The number of carbonyl (C=O) groups is 4. The molecule has 0 aliphatic carbocycles. The van der Waals surface area contributed by atoms with Gasteiger partial charge in [0.25, 0.3) is 0 Å². The lowest BCUT2D eigenvalue weighted by Crippen LogP contribution is -2.61. The molecule has 6 unspecified atom stereocenters. The van der Waals surface area contributed by atoms with Crippen LogP contribution < -0.4 is 0 Å². The van der Waals surface area contributed by atoms with E-state index in [2.05, 4.69) is 142 Å². The largest absolute Gasteiger partial charge is 0.479 e. The molecule has 0 aromatic rings. The lowest BCUT2D eigenvalue weighted by atomic mass is 9.98. The summed E-state index contributed by atoms with van der Waals surface area (Å²) in [5, 5.41) is 31.3. The minimum absolute atomic E-state index is 0.0986. The van der Waals surface area contributed by atoms with Gasteiger partial charge in [-0.05, 0) is 116 Å². The Bertz CT molecular complexity index is 1830. The van der Waals surface area contributed by atoms with Crippen molar-refractivity contribution < 1.29 is 58.2 Å². The molecule has 1 heterocycles. The molecule has 3 N–H and O–H groups in total. The number of esters is 3. The predicted octanol–water partition coefficient (Wildman–Crippen LogP) is 13.2. The van der Waals surface area contributed by atoms with Crippen molar-refractivity contribution in [2.45, 2.75) is 199 Å². The van der Waals surface area contributed by atoms with Crippen molar-refractivity contribution in [3.8, 4) is 0 Å². The van der Waals surface area contributed by atoms with Gasteiger partial charge >= 0.3 is 23.9 Å². The van der Waals surface area contributed by atoms with Crippen molar-refractivity contribution >= 4 is 23.9 Å². The molecule has 0 saturated carbocycles. The van der Waals surface area contributed by atoms with Crippen LogP contribution in [0.25, 0.3) is 0 Å². The third kappa shape index (κ3) is 37.9. The number of unbranched alkanes of at least 4 members (excludes halogenated alkanes) is 5. The number of carboxylic acids is 1. The Morgan fingerprint density at radius 1 is 0.466 bits per heavy atom. The summed E-state index contributed by atoms with van der Waals surface area (Å²) in [5.41, 5.74) is 0. The molecule has 406 valence electrons. The van der Waals surface area contributed by atoms with Crippen LogP contribution >= 0.6 is 0 Å².